The van der Waals surface area contributed by atoms with E-state index in [0.717, 1.165) is 50.1 Å². The number of rotatable bonds is 6. The number of furan rings is 1. The Kier molecular flexibility index (Phi) is 7.39. The SMILES string of the molecule is c1cc(-c2ccc3oc4ccccc4c3c2)cc(N(c2ccc(-c3ccc(-c4cccc5ccccc45)cc3)cc2)c2cccc3sc4ccccc4c23)c1. The van der Waals surface area contributed by atoms with Crippen LogP contribution >= 0.6 is 11.3 Å². The predicted octanol–water partition coefficient (Wildman–Crippen LogP) is 15.6. The first-order chi connectivity index (χ1) is 27.2. The lowest BCUT2D eigenvalue weighted by molar-refractivity contribution is 0.669. The van der Waals surface area contributed by atoms with E-state index < -0.39 is 0 Å². The van der Waals surface area contributed by atoms with Crippen LogP contribution in [-0.2, 0) is 0 Å². The first kappa shape index (κ1) is 31.6. The summed E-state index contributed by atoms with van der Waals surface area (Å²) < 4.78 is 8.74. The minimum absolute atomic E-state index is 0.905. The quantitative estimate of drug-likeness (QED) is 0.170. The molecule has 0 aliphatic rings. The second kappa shape index (κ2) is 12.9. The van der Waals surface area contributed by atoms with E-state index in [1.165, 1.54) is 53.2 Å². The molecule has 11 aromatic rings. The minimum atomic E-state index is 0.905. The number of benzene rings is 9. The van der Waals surface area contributed by atoms with E-state index in [1.807, 2.05) is 23.5 Å². The molecule has 0 aliphatic carbocycles. The molecule has 0 fully saturated rings. The third-order valence-corrected chi connectivity index (χ3v) is 12.0. The lowest BCUT2D eigenvalue weighted by Crippen LogP contribution is -2.10. The first-order valence-corrected chi connectivity index (χ1v) is 19.5. The summed E-state index contributed by atoms with van der Waals surface area (Å²) in [6.07, 6.45) is 0. The lowest BCUT2D eigenvalue weighted by atomic mass is 9.96. The van der Waals surface area contributed by atoms with Gasteiger partial charge in [-0.1, -0.05) is 140 Å². The highest BCUT2D eigenvalue weighted by Gasteiger charge is 2.19. The second-order valence-corrected chi connectivity index (χ2v) is 15.2. The molecule has 3 heteroatoms. The third kappa shape index (κ3) is 5.40. The summed E-state index contributed by atoms with van der Waals surface area (Å²) in [6.45, 7) is 0. The normalized spacial score (nSPS) is 11.6. The van der Waals surface area contributed by atoms with Gasteiger partial charge in [-0.3, -0.25) is 0 Å². The van der Waals surface area contributed by atoms with Crippen LogP contribution in [0.4, 0.5) is 17.1 Å². The highest BCUT2D eigenvalue weighted by Crippen LogP contribution is 2.46. The zero-order chi connectivity index (χ0) is 36.3. The molecule has 9 aromatic carbocycles. The van der Waals surface area contributed by atoms with Crippen LogP contribution in [0.25, 0.3) is 86.3 Å². The van der Waals surface area contributed by atoms with Gasteiger partial charge in [0.25, 0.3) is 0 Å². The van der Waals surface area contributed by atoms with Crippen molar-refractivity contribution in [3.63, 3.8) is 0 Å². The molecule has 0 amide bonds. The summed E-state index contributed by atoms with van der Waals surface area (Å²) in [4.78, 5) is 2.42. The van der Waals surface area contributed by atoms with Gasteiger partial charge in [-0.05, 0) is 105 Å². The van der Waals surface area contributed by atoms with Crippen LogP contribution in [0.5, 0.6) is 0 Å². The Morgan fingerprint density at radius 3 is 1.85 bits per heavy atom. The molecule has 2 nitrogen and oxygen atoms in total. The first-order valence-electron chi connectivity index (χ1n) is 18.7. The maximum absolute atomic E-state index is 6.17. The van der Waals surface area contributed by atoms with Crippen LogP contribution in [0.15, 0.2) is 205 Å². The summed E-state index contributed by atoms with van der Waals surface area (Å²) in [6, 6.07) is 72.3. The third-order valence-electron chi connectivity index (χ3n) is 10.9. The number of nitrogens with zero attached hydrogens (tertiary/aromatic N) is 1. The number of hydrogen-bond acceptors (Lipinski definition) is 3. The number of thiophene rings is 1. The molecule has 2 heterocycles. The molecule has 0 aliphatic heterocycles. The fourth-order valence-corrected chi connectivity index (χ4v) is 9.35. The molecule has 0 spiro atoms. The molecule has 0 bridgehead atoms. The molecule has 11 rings (SSSR count). The predicted molar refractivity (Wildman–Crippen MR) is 235 cm³/mol. The number of anilines is 3. The Morgan fingerprint density at radius 1 is 0.364 bits per heavy atom. The molecule has 0 N–H and O–H groups in total. The van der Waals surface area contributed by atoms with E-state index in [1.54, 1.807) is 0 Å². The van der Waals surface area contributed by atoms with Crippen molar-refractivity contribution >= 4 is 81.3 Å². The van der Waals surface area contributed by atoms with Crippen LogP contribution in [-0.4, -0.2) is 0 Å². The van der Waals surface area contributed by atoms with Gasteiger partial charge in [0.05, 0.1) is 5.69 Å². The highest BCUT2D eigenvalue weighted by atomic mass is 32.1. The van der Waals surface area contributed by atoms with Gasteiger partial charge in [0.2, 0.25) is 0 Å². The molecule has 0 saturated carbocycles. The van der Waals surface area contributed by atoms with Gasteiger partial charge < -0.3 is 9.32 Å². The lowest BCUT2D eigenvalue weighted by Gasteiger charge is -2.27. The number of hydrogen-bond donors (Lipinski definition) is 0. The molecule has 55 heavy (non-hydrogen) atoms. The second-order valence-electron chi connectivity index (χ2n) is 14.1. The maximum atomic E-state index is 6.17. The van der Waals surface area contributed by atoms with Gasteiger partial charge in [0, 0.05) is 42.3 Å². The molecule has 0 atom stereocenters. The van der Waals surface area contributed by atoms with Crippen molar-refractivity contribution in [3.05, 3.63) is 200 Å². The maximum Gasteiger partial charge on any atom is 0.135 e. The van der Waals surface area contributed by atoms with Crippen LogP contribution in [0.1, 0.15) is 0 Å². The van der Waals surface area contributed by atoms with E-state index in [0.29, 0.717) is 0 Å². The van der Waals surface area contributed by atoms with Crippen LogP contribution in [0.2, 0.25) is 0 Å². The molecular formula is C52H33NOS. The smallest absolute Gasteiger partial charge is 0.135 e. The average molecular weight is 720 g/mol. The van der Waals surface area contributed by atoms with Gasteiger partial charge >= 0.3 is 0 Å². The van der Waals surface area contributed by atoms with E-state index in [9.17, 15) is 0 Å². The van der Waals surface area contributed by atoms with E-state index in [-0.39, 0.29) is 0 Å². The van der Waals surface area contributed by atoms with Crippen molar-refractivity contribution in [1.82, 2.24) is 0 Å². The molecule has 2 aromatic heterocycles. The Hall–Kier alpha value is -6.94. The summed E-state index contributed by atoms with van der Waals surface area (Å²) in [5, 5.41) is 7.35. The van der Waals surface area contributed by atoms with E-state index in [4.69, 9.17) is 4.42 Å². The van der Waals surface area contributed by atoms with Gasteiger partial charge in [0.15, 0.2) is 0 Å². The van der Waals surface area contributed by atoms with Crippen molar-refractivity contribution < 1.29 is 4.42 Å². The van der Waals surface area contributed by atoms with Crippen LogP contribution < -0.4 is 4.90 Å². The largest absolute Gasteiger partial charge is 0.456 e. The summed E-state index contributed by atoms with van der Waals surface area (Å²) in [5.74, 6) is 0. The Balaban J connectivity index is 1.02. The van der Waals surface area contributed by atoms with Crippen molar-refractivity contribution in [2.45, 2.75) is 0 Å². The van der Waals surface area contributed by atoms with Crippen LogP contribution in [0.3, 0.4) is 0 Å². The average Bonchev–Trinajstić information content (AvgIpc) is 3.83. The topological polar surface area (TPSA) is 16.4 Å². The minimum Gasteiger partial charge on any atom is -0.456 e. The van der Waals surface area contributed by atoms with Gasteiger partial charge in [-0.2, -0.15) is 0 Å². The Labute approximate surface area is 322 Å². The molecular weight excluding hydrogens is 687 g/mol. The Morgan fingerprint density at radius 2 is 0.982 bits per heavy atom. The number of para-hydroxylation sites is 1. The Bertz CT molecular complexity index is 3200. The summed E-state index contributed by atoms with van der Waals surface area (Å²) in [5.41, 5.74) is 12.3. The molecule has 258 valence electrons. The zero-order valence-electron chi connectivity index (χ0n) is 29.8. The van der Waals surface area contributed by atoms with E-state index >= 15 is 0 Å². The molecule has 0 unspecified atom stereocenters. The van der Waals surface area contributed by atoms with E-state index in [2.05, 4.69) is 193 Å². The molecule has 0 radical (unpaired) electrons. The van der Waals surface area contributed by atoms with Crippen LogP contribution in [0, 0.1) is 0 Å². The number of fused-ring (bicyclic) bond motifs is 7. The summed E-state index contributed by atoms with van der Waals surface area (Å²) in [7, 11) is 0. The van der Waals surface area contributed by atoms with Crippen molar-refractivity contribution in [2.75, 3.05) is 4.90 Å². The fourth-order valence-electron chi connectivity index (χ4n) is 8.22. The van der Waals surface area contributed by atoms with Gasteiger partial charge in [-0.15, -0.1) is 11.3 Å². The van der Waals surface area contributed by atoms with Crippen molar-refractivity contribution in [1.29, 1.82) is 0 Å². The highest BCUT2D eigenvalue weighted by molar-refractivity contribution is 7.26. The zero-order valence-corrected chi connectivity index (χ0v) is 30.6. The van der Waals surface area contributed by atoms with Crippen molar-refractivity contribution in [2.24, 2.45) is 0 Å². The van der Waals surface area contributed by atoms with Crippen molar-refractivity contribution in [3.8, 4) is 33.4 Å². The summed E-state index contributed by atoms with van der Waals surface area (Å²) >= 11 is 1.85. The van der Waals surface area contributed by atoms with Gasteiger partial charge in [-0.25, -0.2) is 0 Å². The standard InChI is InChI=1S/C52H33NOS/c1-2-14-42-36(10-1)11-8-17-43(42)37-24-22-34(23-25-37)35-26-29-40(30-27-35)53(47-18-9-21-51-52(47)45-16-4-6-20-50(45)55-51)41-13-7-12-38(32-41)39-28-31-49-46(33-39)44-15-3-5-19-48(44)54-49/h1-33H. The fraction of sp³-hybridized carbons (Fsp3) is 0. The monoisotopic (exact) mass is 719 g/mol. The van der Waals surface area contributed by atoms with Gasteiger partial charge in [0.1, 0.15) is 11.2 Å². The molecule has 0 saturated heterocycles.